The second kappa shape index (κ2) is 8.62. The summed E-state index contributed by atoms with van der Waals surface area (Å²) < 4.78 is 145. The molecule has 2 aromatic rings. The van der Waals surface area contributed by atoms with Gasteiger partial charge in [0.05, 0.1) is 22.5 Å². The maximum Gasteiger partial charge on any atom is 0.435 e. The summed E-state index contributed by atoms with van der Waals surface area (Å²) in [7, 11) is 0. The van der Waals surface area contributed by atoms with Gasteiger partial charge in [0.1, 0.15) is 0 Å². The molecule has 3 N–H and O–H groups in total. The minimum Gasteiger partial charge on any atom is -0.320 e. The van der Waals surface area contributed by atoms with E-state index in [2.05, 4.69) is 15.9 Å². The quantitative estimate of drug-likeness (QED) is 0.280. The van der Waals surface area contributed by atoms with Gasteiger partial charge in [0.2, 0.25) is 0 Å². The van der Waals surface area contributed by atoms with E-state index in [-0.39, 0.29) is 6.07 Å². The van der Waals surface area contributed by atoms with E-state index in [9.17, 15) is 53.1 Å². The van der Waals surface area contributed by atoms with Crippen molar-refractivity contribution in [1.82, 2.24) is 0 Å². The summed E-state index contributed by atoms with van der Waals surface area (Å²) in [5, 5.41) is 10.3. The van der Waals surface area contributed by atoms with Gasteiger partial charge in [-0.05, 0) is 40.2 Å². The van der Waals surface area contributed by atoms with Crippen LogP contribution in [0.5, 0.6) is 0 Å². The largest absolute Gasteiger partial charge is 0.435 e. The van der Waals surface area contributed by atoms with Gasteiger partial charge in [-0.25, -0.2) is 8.78 Å². The van der Waals surface area contributed by atoms with Gasteiger partial charge in [0.25, 0.3) is 5.91 Å². The Morgan fingerprint density at radius 3 is 1.91 bits per heavy atom. The van der Waals surface area contributed by atoms with E-state index in [0.717, 1.165) is 18.2 Å². The monoisotopic (exact) mass is 560 g/mol. The van der Waals surface area contributed by atoms with Crippen molar-refractivity contribution in [1.29, 1.82) is 0 Å². The SMILES string of the molecule is O=C(Nc1c(Br)cc(C(F)(C(F)(F)F)C(F)(F)F)cc1C(F)(F)F)c1cccc(NO)c1F. The van der Waals surface area contributed by atoms with E-state index in [1.54, 1.807) is 0 Å². The van der Waals surface area contributed by atoms with Crippen molar-refractivity contribution in [2.45, 2.75) is 24.2 Å². The Balaban J connectivity index is 2.71. The highest BCUT2D eigenvalue weighted by Gasteiger charge is 2.73. The number of nitrogens with one attached hydrogen (secondary N) is 2. The van der Waals surface area contributed by atoms with Crippen LogP contribution in [0.2, 0.25) is 0 Å². The smallest absolute Gasteiger partial charge is 0.320 e. The molecule has 0 radical (unpaired) electrons. The van der Waals surface area contributed by atoms with Crippen molar-refractivity contribution >= 4 is 33.2 Å². The van der Waals surface area contributed by atoms with Crippen LogP contribution in [-0.2, 0) is 11.8 Å². The van der Waals surface area contributed by atoms with Crippen LogP contribution in [-0.4, -0.2) is 23.5 Å². The molecule has 0 heterocycles. The third kappa shape index (κ3) is 4.85. The Labute approximate surface area is 184 Å². The highest BCUT2D eigenvalue weighted by atomic mass is 79.9. The lowest BCUT2D eigenvalue weighted by atomic mass is 9.92. The Morgan fingerprint density at radius 1 is 0.909 bits per heavy atom. The summed E-state index contributed by atoms with van der Waals surface area (Å²) in [5.74, 6) is -3.07. The molecule has 0 fully saturated rings. The molecule has 4 nitrogen and oxygen atoms in total. The number of anilines is 2. The van der Waals surface area contributed by atoms with Gasteiger partial charge < -0.3 is 5.32 Å². The molecule has 0 aliphatic carbocycles. The Hall–Kier alpha value is -2.62. The first-order valence-electron chi connectivity index (χ1n) is 8.09. The Bertz CT molecular complexity index is 1050. The number of carbonyl (C=O) groups excluding carboxylic acids is 1. The number of halogens is 12. The van der Waals surface area contributed by atoms with Crippen LogP contribution in [0.15, 0.2) is 34.8 Å². The Kier molecular flexibility index (Phi) is 6.96. The van der Waals surface area contributed by atoms with Crippen molar-refractivity contribution in [3.63, 3.8) is 0 Å². The topological polar surface area (TPSA) is 61.4 Å². The molecule has 2 aromatic carbocycles. The second-order valence-corrected chi connectivity index (χ2v) is 7.12. The number of amides is 1. The molecular formula is C17H8BrF11N2O2. The van der Waals surface area contributed by atoms with Crippen molar-refractivity contribution in [2.75, 3.05) is 10.8 Å². The third-order valence-electron chi connectivity index (χ3n) is 4.18. The van der Waals surface area contributed by atoms with Crippen LogP contribution < -0.4 is 10.8 Å². The zero-order valence-corrected chi connectivity index (χ0v) is 16.9. The summed E-state index contributed by atoms with van der Waals surface area (Å²) >= 11 is 2.30. The molecule has 33 heavy (non-hydrogen) atoms. The molecule has 0 spiro atoms. The van der Waals surface area contributed by atoms with Gasteiger partial charge in [-0.3, -0.25) is 15.5 Å². The third-order valence-corrected chi connectivity index (χ3v) is 4.80. The average Bonchev–Trinajstić information content (AvgIpc) is 2.66. The molecule has 2 rings (SSSR count). The first-order chi connectivity index (χ1) is 14.9. The first-order valence-corrected chi connectivity index (χ1v) is 8.89. The number of hydrogen-bond donors (Lipinski definition) is 3. The molecular weight excluding hydrogens is 553 g/mol. The standard InChI is InChI=1S/C17H8BrF11N2O2/c18-9-5-6(14(20,16(24,25)26)17(27,28)29)4-8(15(21,22)23)12(9)30-13(32)7-2-1-3-10(31-33)11(7)19/h1-5,31,33H,(H,30,32). The molecule has 0 aromatic heterocycles. The zero-order chi connectivity index (χ0) is 25.6. The lowest BCUT2D eigenvalue weighted by Crippen LogP contribution is -2.50. The minimum absolute atomic E-state index is 0.242. The molecule has 16 heteroatoms. The molecule has 182 valence electrons. The normalized spacial score (nSPS) is 13.1. The predicted molar refractivity (Wildman–Crippen MR) is 93.8 cm³/mol. The summed E-state index contributed by atoms with van der Waals surface area (Å²) in [6.07, 6.45) is -19.1. The maximum absolute atomic E-state index is 14.3. The lowest BCUT2D eigenvalue weighted by Gasteiger charge is -2.31. The van der Waals surface area contributed by atoms with Gasteiger partial charge in [0, 0.05) is 10.0 Å². The summed E-state index contributed by atoms with van der Waals surface area (Å²) in [6, 6.07) is 1.66. The molecule has 0 saturated carbocycles. The predicted octanol–water partition coefficient (Wildman–Crippen LogP) is 6.95. The first kappa shape index (κ1) is 26.6. The number of hydrogen-bond acceptors (Lipinski definition) is 3. The van der Waals surface area contributed by atoms with E-state index >= 15 is 0 Å². The number of benzene rings is 2. The van der Waals surface area contributed by atoms with Crippen molar-refractivity contribution in [3.8, 4) is 0 Å². The van der Waals surface area contributed by atoms with Gasteiger partial charge in [-0.15, -0.1) is 0 Å². The van der Waals surface area contributed by atoms with Crippen LogP contribution in [0.4, 0.5) is 59.7 Å². The van der Waals surface area contributed by atoms with Gasteiger partial charge >= 0.3 is 24.2 Å². The van der Waals surface area contributed by atoms with E-state index in [0.29, 0.717) is 0 Å². The van der Waals surface area contributed by atoms with Crippen LogP contribution in [0, 0.1) is 5.82 Å². The highest BCUT2D eigenvalue weighted by Crippen LogP contribution is 2.55. The second-order valence-electron chi connectivity index (χ2n) is 6.27. The van der Waals surface area contributed by atoms with E-state index in [4.69, 9.17) is 5.21 Å². The van der Waals surface area contributed by atoms with Crippen molar-refractivity contribution in [2.24, 2.45) is 0 Å². The lowest BCUT2D eigenvalue weighted by molar-refractivity contribution is -0.348. The molecule has 0 atom stereocenters. The van der Waals surface area contributed by atoms with E-state index < -0.39 is 74.5 Å². The van der Waals surface area contributed by atoms with Crippen molar-refractivity contribution < 1.29 is 58.3 Å². The highest BCUT2D eigenvalue weighted by molar-refractivity contribution is 9.10. The average molecular weight is 561 g/mol. The van der Waals surface area contributed by atoms with E-state index in [1.165, 1.54) is 10.8 Å². The number of alkyl halides is 10. The maximum atomic E-state index is 14.3. The fourth-order valence-corrected chi connectivity index (χ4v) is 3.18. The summed E-state index contributed by atoms with van der Waals surface area (Å²) in [6.45, 7) is 0. The van der Waals surface area contributed by atoms with Gasteiger partial charge in [-0.1, -0.05) is 6.07 Å². The molecule has 0 bridgehead atoms. The summed E-state index contributed by atoms with van der Waals surface area (Å²) in [4.78, 5) is 12.3. The molecule has 0 aliphatic rings. The van der Waals surface area contributed by atoms with Gasteiger partial charge in [-0.2, -0.15) is 39.5 Å². The van der Waals surface area contributed by atoms with Crippen LogP contribution >= 0.6 is 15.9 Å². The summed E-state index contributed by atoms with van der Waals surface area (Å²) in [5.41, 5.74) is -12.6. The van der Waals surface area contributed by atoms with Crippen LogP contribution in [0.3, 0.4) is 0 Å². The van der Waals surface area contributed by atoms with Crippen LogP contribution in [0.1, 0.15) is 21.5 Å². The van der Waals surface area contributed by atoms with E-state index in [1.807, 2.05) is 0 Å². The Morgan fingerprint density at radius 2 is 1.45 bits per heavy atom. The minimum atomic E-state index is -6.70. The fourth-order valence-electron chi connectivity index (χ4n) is 2.62. The number of rotatable bonds is 4. The molecule has 0 unspecified atom stereocenters. The van der Waals surface area contributed by atoms with Crippen molar-refractivity contribution in [3.05, 3.63) is 57.3 Å². The van der Waals surface area contributed by atoms with Crippen LogP contribution in [0.25, 0.3) is 0 Å². The molecule has 0 saturated heterocycles. The van der Waals surface area contributed by atoms with Gasteiger partial charge in [0.15, 0.2) is 5.82 Å². The zero-order valence-electron chi connectivity index (χ0n) is 15.3. The molecule has 1 amide bonds. The fraction of sp³-hybridized carbons (Fsp3) is 0.235. The molecule has 0 aliphatic heterocycles. The number of carbonyl (C=O) groups is 1.